The molecule has 1 atom stereocenters. The Balaban J connectivity index is 2.20. The molecule has 1 aromatic carbocycles. The quantitative estimate of drug-likeness (QED) is 0.829. The van der Waals surface area contributed by atoms with Crippen molar-refractivity contribution in [3.63, 3.8) is 0 Å². The van der Waals surface area contributed by atoms with E-state index in [1.807, 2.05) is 0 Å². The number of nitrogens with one attached hydrogen (secondary N) is 1. The van der Waals surface area contributed by atoms with E-state index in [0.717, 1.165) is 19.0 Å². The largest absolute Gasteiger partial charge is 0.312 e. The smallest absolute Gasteiger partial charge is 0.0208 e. The molecule has 0 spiro atoms. The molecule has 1 nitrogen and oxygen atoms in total. The average Bonchev–Trinajstić information content (AvgIpc) is 2.35. The SMILES string of the molecule is CCCCc1ccc2c(c1)CNCC2C(C)C. The van der Waals surface area contributed by atoms with Gasteiger partial charge in [0.15, 0.2) is 0 Å². The fourth-order valence-electron chi connectivity index (χ4n) is 2.78. The fourth-order valence-corrected chi connectivity index (χ4v) is 2.78. The van der Waals surface area contributed by atoms with Gasteiger partial charge in [0.05, 0.1) is 0 Å². The number of aryl methyl sites for hydroxylation is 1. The van der Waals surface area contributed by atoms with Gasteiger partial charge in [0.1, 0.15) is 0 Å². The van der Waals surface area contributed by atoms with Crippen LogP contribution < -0.4 is 5.32 Å². The minimum Gasteiger partial charge on any atom is -0.312 e. The minimum atomic E-state index is 0.693. The zero-order valence-corrected chi connectivity index (χ0v) is 11.4. The first-order valence-corrected chi connectivity index (χ1v) is 7.04. The fraction of sp³-hybridized carbons (Fsp3) is 0.625. The topological polar surface area (TPSA) is 12.0 Å². The van der Waals surface area contributed by atoms with Crippen molar-refractivity contribution >= 4 is 0 Å². The van der Waals surface area contributed by atoms with E-state index in [9.17, 15) is 0 Å². The van der Waals surface area contributed by atoms with E-state index in [2.05, 4.69) is 44.3 Å². The van der Waals surface area contributed by atoms with Gasteiger partial charge in [-0.15, -0.1) is 0 Å². The predicted molar refractivity (Wildman–Crippen MR) is 74.3 cm³/mol. The molecule has 2 rings (SSSR count). The standard InChI is InChI=1S/C16H25N/c1-4-5-6-13-7-8-15-14(9-13)10-17-11-16(15)12(2)3/h7-9,12,16-17H,4-6,10-11H2,1-3H3. The van der Waals surface area contributed by atoms with E-state index in [0.29, 0.717) is 5.92 Å². The zero-order valence-electron chi connectivity index (χ0n) is 11.4. The lowest BCUT2D eigenvalue weighted by atomic mass is 9.82. The first-order chi connectivity index (χ1) is 8.22. The summed E-state index contributed by atoms with van der Waals surface area (Å²) < 4.78 is 0. The molecule has 0 amide bonds. The van der Waals surface area contributed by atoms with Crippen molar-refractivity contribution < 1.29 is 0 Å². The third kappa shape index (κ3) is 2.90. The normalized spacial score (nSPS) is 19.4. The number of hydrogen-bond acceptors (Lipinski definition) is 1. The molecule has 94 valence electrons. The number of unbranched alkanes of at least 4 members (excludes halogenated alkanes) is 1. The highest BCUT2D eigenvalue weighted by molar-refractivity contribution is 5.36. The first-order valence-electron chi connectivity index (χ1n) is 7.04. The predicted octanol–water partition coefficient (Wildman–Crippen LogP) is 3.87. The second-order valence-corrected chi connectivity index (χ2v) is 5.62. The van der Waals surface area contributed by atoms with E-state index in [1.165, 1.54) is 30.4 Å². The third-order valence-corrected chi connectivity index (χ3v) is 3.91. The van der Waals surface area contributed by atoms with Crippen molar-refractivity contribution in [2.75, 3.05) is 6.54 Å². The molecule has 1 N–H and O–H groups in total. The summed E-state index contributed by atoms with van der Waals surface area (Å²) in [6, 6.07) is 7.15. The molecule has 0 bridgehead atoms. The maximum absolute atomic E-state index is 3.56. The van der Waals surface area contributed by atoms with Gasteiger partial charge >= 0.3 is 0 Å². The molecule has 1 aliphatic rings. The van der Waals surface area contributed by atoms with Crippen LogP contribution in [0.25, 0.3) is 0 Å². The lowest BCUT2D eigenvalue weighted by Crippen LogP contribution is -2.30. The highest BCUT2D eigenvalue weighted by atomic mass is 14.9. The first kappa shape index (κ1) is 12.6. The summed E-state index contributed by atoms with van der Waals surface area (Å²) in [6.07, 6.45) is 3.82. The summed E-state index contributed by atoms with van der Waals surface area (Å²) >= 11 is 0. The Kier molecular flexibility index (Phi) is 4.22. The summed E-state index contributed by atoms with van der Waals surface area (Å²) in [5, 5.41) is 3.56. The van der Waals surface area contributed by atoms with Crippen molar-refractivity contribution in [1.82, 2.24) is 5.32 Å². The monoisotopic (exact) mass is 231 g/mol. The van der Waals surface area contributed by atoms with Gasteiger partial charge < -0.3 is 5.32 Å². The van der Waals surface area contributed by atoms with Crippen molar-refractivity contribution in [3.8, 4) is 0 Å². The Bertz CT molecular complexity index is 368. The van der Waals surface area contributed by atoms with Gasteiger partial charge in [-0.05, 0) is 41.4 Å². The Morgan fingerprint density at radius 2 is 2.18 bits per heavy atom. The van der Waals surface area contributed by atoms with Gasteiger partial charge in [0, 0.05) is 13.1 Å². The van der Waals surface area contributed by atoms with Gasteiger partial charge in [-0.25, -0.2) is 0 Å². The Hall–Kier alpha value is -0.820. The van der Waals surface area contributed by atoms with Crippen LogP contribution >= 0.6 is 0 Å². The molecule has 1 aliphatic heterocycles. The van der Waals surface area contributed by atoms with Gasteiger partial charge in [-0.2, -0.15) is 0 Å². The molecule has 0 saturated carbocycles. The van der Waals surface area contributed by atoms with Crippen molar-refractivity contribution in [2.45, 2.75) is 52.5 Å². The number of hydrogen-bond donors (Lipinski definition) is 1. The zero-order chi connectivity index (χ0) is 12.3. The molecule has 0 saturated heterocycles. The van der Waals surface area contributed by atoms with E-state index in [4.69, 9.17) is 0 Å². The molecule has 0 aliphatic carbocycles. The van der Waals surface area contributed by atoms with Crippen LogP contribution in [0.1, 0.15) is 56.2 Å². The van der Waals surface area contributed by atoms with Crippen LogP contribution in [0.2, 0.25) is 0 Å². The average molecular weight is 231 g/mol. The lowest BCUT2D eigenvalue weighted by Gasteiger charge is -2.29. The van der Waals surface area contributed by atoms with Crippen molar-refractivity contribution in [3.05, 3.63) is 34.9 Å². The lowest BCUT2D eigenvalue weighted by molar-refractivity contribution is 0.435. The van der Waals surface area contributed by atoms with Gasteiger partial charge in [-0.3, -0.25) is 0 Å². The van der Waals surface area contributed by atoms with Crippen LogP contribution in [0, 0.1) is 5.92 Å². The molecular weight excluding hydrogens is 206 g/mol. The summed E-state index contributed by atoms with van der Waals surface area (Å²) in [5.74, 6) is 1.42. The van der Waals surface area contributed by atoms with Gasteiger partial charge in [0.2, 0.25) is 0 Å². The summed E-state index contributed by atoms with van der Waals surface area (Å²) in [6.45, 7) is 9.10. The van der Waals surface area contributed by atoms with Crippen LogP contribution in [0.5, 0.6) is 0 Å². The number of benzene rings is 1. The molecule has 0 aromatic heterocycles. The van der Waals surface area contributed by atoms with Gasteiger partial charge in [0.25, 0.3) is 0 Å². The summed E-state index contributed by atoms with van der Waals surface area (Å²) in [4.78, 5) is 0. The Morgan fingerprint density at radius 1 is 1.35 bits per heavy atom. The van der Waals surface area contributed by atoms with Crippen LogP contribution in [-0.4, -0.2) is 6.54 Å². The molecule has 1 heterocycles. The van der Waals surface area contributed by atoms with E-state index in [-0.39, 0.29) is 0 Å². The van der Waals surface area contributed by atoms with Crippen LogP contribution in [0.3, 0.4) is 0 Å². The third-order valence-electron chi connectivity index (χ3n) is 3.91. The Morgan fingerprint density at radius 3 is 2.88 bits per heavy atom. The number of rotatable bonds is 4. The van der Waals surface area contributed by atoms with Gasteiger partial charge in [-0.1, -0.05) is 45.4 Å². The summed E-state index contributed by atoms with van der Waals surface area (Å²) in [5.41, 5.74) is 4.62. The molecule has 1 heteroatoms. The molecule has 0 radical (unpaired) electrons. The molecule has 17 heavy (non-hydrogen) atoms. The van der Waals surface area contributed by atoms with E-state index >= 15 is 0 Å². The molecule has 1 unspecified atom stereocenters. The molecular formula is C16H25N. The van der Waals surface area contributed by atoms with Crippen LogP contribution in [-0.2, 0) is 13.0 Å². The molecule has 1 aromatic rings. The van der Waals surface area contributed by atoms with E-state index < -0.39 is 0 Å². The minimum absolute atomic E-state index is 0.693. The Labute approximate surface area is 106 Å². The molecule has 0 fully saturated rings. The second kappa shape index (κ2) is 5.68. The summed E-state index contributed by atoms with van der Waals surface area (Å²) in [7, 11) is 0. The van der Waals surface area contributed by atoms with E-state index in [1.54, 1.807) is 5.56 Å². The highest BCUT2D eigenvalue weighted by Crippen LogP contribution is 2.30. The maximum Gasteiger partial charge on any atom is 0.0208 e. The highest BCUT2D eigenvalue weighted by Gasteiger charge is 2.22. The van der Waals surface area contributed by atoms with Crippen LogP contribution in [0.4, 0.5) is 0 Å². The second-order valence-electron chi connectivity index (χ2n) is 5.62. The van der Waals surface area contributed by atoms with Crippen LogP contribution in [0.15, 0.2) is 18.2 Å². The maximum atomic E-state index is 3.56. The van der Waals surface area contributed by atoms with Crippen molar-refractivity contribution in [2.24, 2.45) is 5.92 Å². The number of fused-ring (bicyclic) bond motifs is 1. The van der Waals surface area contributed by atoms with Crippen molar-refractivity contribution in [1.29, 1.82) is 0 Å².